The van der Waals surface area contributed by atoms with Crippen molar-refractivity contribution in [3.05, 3.63) is 72.8 Å². The van der Waals surface area contributed by atoms with Gasteiger partial charge >= 0.3 is 0 Å². The molecule has 0 saturated carbocycles. The highest BCUT2D eigenvalue weighted by Crippen LogP contribution is 2.32. The molecule has 2 atom stereocenters. The number of imidazole rings is 1. The molecule has 0 unspecified atom stereocenters. The van der Waals surface area contributed by atoms with Crippen molar-refractivity contribution in [2.45, 2.75) is 36.2 Å². The van der Waals surface area contributed by atoms with Crippen molar-refractivity contribution in [2.24, 2.45) is 0 Å². The number of nitrogen functional groups attached to an aromatic ring is 1. The summed E-state index contributed by atoms with van der Waals surface area (Å²) >= 11 is 0. The molecule has 2 aromatic carbocycles. The van der Waals surface area contributed by atoms with E-state index in [2.05, 4.69) is 4.98 Å². The maximum absolute atomic E-state index is 12.9. The van der Waals surface area contributed by atoms with Crippen molar-refractivity contribution in [1.82, 2.24) is 9.55 Å². The van der Waals surface area contributed by atoms with Crippen LogP contribution in [0.1, 0.15) is 12.0 Å². The molecule has 1 fully saturated rings. The molecule has 0 spiro atoms. The van der Waals surface area contributed by atoms with Crippen molar-refractivity contribution in [3.8, 4) is 5.75 Å². The number of ether oxygens (including phenoxy) is 3. The molecule has 1 aromatic heterocycles. The molecule has 170 valence electrons. The maximum atomic E-state index is 12.9. The summed E-state index contributed by atoms with van der Waals surface area (Å²) < 4.78 is 45.2. The monoisotopic (exact) mass is 457 g/mol. The number of rotatable bonds is 9. The van der Waals surface area contributed by atoms with Crippen molar-refractivity contribution in [3.63, 3.8) is 0 Å². The molecule has 0 radical (unpaired) electrons. The topological polar surface area (TPSA) is 106 Å². The number of aromatic nitrogens is 2. The minimum absolute atomic E-state index is 0.162. The molecule has 2 heterocycles. The van der Waals surface area contributed by atoms with Crippen LogP contribution < -0.4 is 10.5 Å². The van der Waals surface area contributed by atoms with Gasteiger partial charge in [-0.3, -0.25) is 0 Å². The van der Waals surface area contributed by atoms with Crippen LogP contribution in [0.25, 0.3) is 0 Å². The Kier molecular flexibility index (Phi) is 6.50. The average Bonchev–Trinajstić information content (AvgIpc) is 3.43. The van der Waals surface area contributed by atoms with Crippen LogP contribution in [0.15, 0.2) is 72.1 Å². The van der Waals surface area contributed by atoms with Crippen molar-refractivity contribution < 1.29 is 22.6 Å². The summed E-state index contributed by atoms with van der Waals surface area (Å²) in [5.41, 5.74) is 7.31. The SMILES string of the molecule is COc1ccc(CC[C@]2(Cn3ccnc3)OC[C@@H](CS(=O)(=O)c3ccc(N)cc3)O2)cc1. The Morgan fingerprint density at radius 3 is 2.59 bits per heavy atom. The largest absolute Gasteiger partial charge is 0.497 e. The third-order valence-electron chi connectivity index (χ3n) is 5.49. The third-order valence-corrected chi connectivity index (χ3v) is 7.30. The fourth-order valence-corrected chi connectivity index (χ4v) is 5.19. The van der Waals surface area contributed by atoms with Crippen LogP contribution >= 0.6 is 0 Å². The summed E-state index contributed by atoms with van der Waals surface area (Å²) in [6.07, 6.45) is 5.92. The van der Waals surface area contributed by atoms with Gasteiger partial charge in [-0.25, -0.2) is 13.4 Å². The van der Waals surface area contributed by atoms with Crippen LogP contribution in [0.3, 0.4) is 0 Å². The van der Waals surface area contributed by atoms with Crippen LogP contribution in [0.4, 0.5) is 5.69 Å². The Morgan fingerprint density at radius 1 is 1.19 bits per heavy atom. The lowest BCUT2D eigenvalue weighted by Crippen LogP contribution is -2.37. The summed E-state index contributed by atoms with van der Waals surface area (Å²) in [4.78, 5) is 4.31. The zero-order chi connectivity index (χ0) is 22.6. The zero-order valence-electron chi connectivity index (χ0n) is 17.9. The third kappa shape index (κ3) is 5.29. The quantitative estimate of drug-likeness (QED) is 0.493. The molecule has 8 nitrogen and oxygen atoms in total. The molecule has 0 bridgehead atoms. The van der Waals surface area contributed by atoms with E-state index in [4.69, 9.17) is 19.9 Å². The van der Waals surface area contributed by atoms with E-state index in [1.165, 1.54) is 12.1 Å². The molecule has 0 aliphatic carbocycles. The Hall–Kier alpha value is -2.88. The molecule has 32 heavy (non-hydrogen) atoms. The molecule has 0 amide bonds. The lowest BCUT2D eigenvalue weighted by molar-refractivity contribution is -0.180. The number of nitrogens with zero attached hydrogens (tertiary/aromatic N) is 2. The van der Waals surface area contributed by atoms with Crippen LogP contribution in [0.5, 0.6) is 5.75 Å². The fraction of sp³-hybridized carbons (Fsp3) is 0.348. The Labute approximate surface area is 187 Å². The van der Waals surface area contributed by atoms with Crippen LogP contribution in [-0.4, -0.2) is 49.3 Å². The standard InChI is InChI=1S/C23H27N3O5S/c1-29-20-6-2-18(3-7-20)10-11-23(16-26-13-12-25-17-26)30-14-21(31-23)15-32(27,28)22-8-4-19(24)5-9-22/h2-9,12-13,17,21H,10-11,14-16,24H2,1H3/t21-,23-/m0/s1. The van der Waals surface area contributed by atoms with Gasteiger partial charge < -0.3 is 24.5 Å². The summed E-state index contributed by atoms with van der Waals surface area (Å²) in [6, 6.07) is 14.0. The fourth-order valence-electron chi connectivity index (χ4n) is 3.79. The van der Waals surface area contributed by atoms with Crippen molar-refractivity contribution in [1.29, 1.82) is 0 Å². The number of aryl methyl sites for hydroxylation is 1. The summed E-state index contributed by atoms with van der Waals surface area (Å²) in [5.74, 6) is -0.309. The highest BCUT2D eigenvalue weighted by Gasteiger charge is 2.43. The van der Waals surface area contributed by atoms with Gasteiger partial charge in [0, 0.05) is 24.5 Å². The highest BCUT2D eigenvalue weighted by molar-refractivity contribution is 7.91. The van der Waals surface area contributed by atoms with E-state index in [1.807, 2.05) is 35.0 Å². The van der Waals surface area contributed by atoms with E-state index in [0.29, 0.717) is 25.1 Å². The van der Waals surface area contributed by atoms with Gasteiger partial charge in [-0.1, -0.05) is 12.1 Å². The predicted molar refractivity (Wildman–Crippen MR) is 120 cm³/mol. The van der Waals surface area contributed by atoms with Gasteiger partial charge in [-0.05, 0) is 48.4 Å². The molecular weight excluding hydrogens is 430 g/mol. The first-order chi connectivity index (χ1) is 15.4. The van der Waals surface area contributed by atoms with Gasteiger partial charge in [0.2, 0.25) is 0 Å². The number of sulfone groups is 1. The van der Waals surface area contributed by atoms with E-state index >= 15 is 0 Å². The molecule has 1 aliphatic heterocycles. The van der Waals surface area contributed by atoms with Crippen LogP contribution in [0, 0.1) is 0 Å². The first-order valence-corrected chi connectivity index (χ1v) is 12.0. The number of nitrogens with two attached hydrogens (primary N) is 1. The number of anilines is 1. The van der Waals surface area contributed by atoms with Crippen LogP contribution in [-0.2, 0) is 32.3 Å². The maximum Gasteiger partial charge on any atom is 0.187 e. The normalized spacial score (nSPS) is 21.0. The first kappa shape index (κ1) is 22.3. The van der Waals surface area contributed by atoms with Crippen molar-refractivity contribution in [2.75, 3.05) is 25.2 Å². The Morgan fingerprint density at radius 2 is 1.94 bits per heavy atom. The summed E-state index contributed by atoms with van der Waals surface area (Å²) in [6.45, 7) is 0.618. The number of methoxy groups -OCH3 is 1. The number of benzene rings is 2. The number of hydrogen-bond acceptors (Lipinski definition) is 7. The Bertz CT molecular complexity index is 1120. The lowest BCUT2D eigenvalue weighted by atomic mass is 10.0. The highest BCUT2D eigenvalue weighted by atomic mass is 32.2. The van der Waals surface area contributed by atoms with E-state index in [-0.39, 0.29) is 17.3 Å². The minimum Gasteiger partial charge on any atom is -0.497 e. The van der Waals surface area contributed by atoms with Gasteiger partial charge in [0.15, 0.2) is 15.6 Å². The summed E-state index contributed by atoms with van der Waals surface area (Å²) in [7, 11) is -1.91. The van der Waals surface area contributed by atoms with E-state index < -0.39 is 21.7 Å². The summed E-state index contributed by atoms with van der Waals surface area (Å²) in [5, 5.41) is 0. The van der Waals surface area contributed by atoms with Gasteiger partial charge in [0.05, 0.1) is 43.3 Å². The molecule has 1 saturated heterocycles. The molecule has 1 aliphatic rings. The Balaban J connectivity index is 1.47. The second-order valence-electron chi connectivity index (χ2n) is 7.90. The molecule has 4 rings (SSSR count). The molecular formula is C23H27N3O5S. The predicted octanol–water partition coefficient (Wildman–Crippen LogP) is 2.69. The van der Waals surface area contributed by atoms with Crippen molar-refractivity contribution >= 4 is 15.5 Å². The van der Waals surface area contributed by atoms with Crippen LogP contribution in [0.2, 0.25) is 0 Å². The lowest BCUT2D eigenvalue weighted by Gasteiger charge is -2.28. The van der Waals surface area contributed by atoms with Gasteiger partial charge in [0.1, 0.15) is 5.75 Å². The zero-order valence-corrected chi connectivity index (χ0v) is 18.7. The van der Waals surface area contributed by atoms with Gasteiger partial charge in [0.25, 0.3) is 0 Å². The molecule has 2 N–H and O–H groups in total. The molecule has 3 aromatic rings. The molecule has 9 heteroatoms. The first-order valence-electron chi connectivity index (χ1n) is 10.4. The second-order valence-corrected chi connectivity index (χ2v) is 9.93. The smallest absolute Gasteiger partial charge is 0.187 e. The second kappa shape index (κ2) is 9.32. The van der Waals surface area contributed by atoms with E-state index in [0.717, 1.165) is 11.3 Å². The van der Waals surface area contributed by atoms with E-state index in [9.17, 15) is 8.42 Å². The van der Waals surface area contributed by atoms with Gasteiger partial charge in [-0.15, -0.1) is 0 Å². The van der Waals surface area contributed by atoms with Gasteiger partial charge in [-0.2, -0.15) is 0 Å². The minimum atomic E-state index is -3.54. The van der Waals surface area contributed by atoms with E-state index in [1.54, 1.807) is 31.8 Å². The number of hydrogen-bond donors (Lipinski definition) is 1. The average molecular weight is 458 g/mol.